The number of nitrogens with one attached hydrogen (secondary N) is 1. The van der Waals surface area contributed by atoms with Crippen molar-refractivity contribution in [2.75, 3.05) is 26.7 Å². The number of rotatable bonds is 6. The van der Waals surface area contributed by atoms with Crippen molar-refractivity contribution in [1.82, 2.24) is 10.2 Å². The maximum Gasteiger partial charge on any atom is 0.0406 e. The van der Waals surface area contributed by atoms with Gasteiger partial charge in [0.05, 0.1) is 0 Å². The van der Waals surface area contributed by atoms with Crippen molar-refractivity contribution in [3.8, 4) is 0 Å². The first kappa shape index (κ1) is 15.8. The fourth-order valence-corrected chi connectivity index (χ4v) is 3.06. The predicted octanol–water partition coefficient (Wildman–Crippen LogP) is 3.59. The van der Waals surface area contributed by atoms with Crippen molar-refractivity contribution >= 4 is 11.6 Å². The highest BCUT2D eigenvalue weighted by atomic mass is 35.5. The van der Waals surface area contributed by atoms with Gasteiger partial charge in [0.2, 0.25) is 0 Å². The molecule has 1 aromatic carbocycles. The fourth-order valence-electron chi connectivity index (χ4n) is 2.93. The quantitative estimate of drug-likeness (QED) is 0.862. The summed E-state index contributed by atoms with van der Waals surface area (Å²) in [5.74, 6) is 0.918. The van der Waals surface area contributed by atoms with Crippen molar-refractivity contribution in [3.63, 3.8) is 0 Å². The minimum absolute atomic E-state index is 0.530. The number of halogens is 1. The highest BCUT2D eigenvalue weighted by Crippen LogP contribution is 2.19. The third kappa shape index (κ3) is 5.43. The van der Waals surface area contributed by atoms with Crippen molar-refractivity contribution < 1.29 is 0 Å². The lowest BCUT2D eigenvalue weighted by Crippen LogP contribution is -2.34. The summed E-state index contributed by atoms with van der Waals surface area (Å²) in [5.41, 5.74) is 1.36. The first-order valence-corrected chi connectivity index (χ1v) is 8.17. The molecular formula is C17H27ClN2. The molecule has 1 saturated heterocycles. The molecule has 1 unspecified atom stereocenters. The van der Waals surface area contributed by atoms with Gasteiger partial charge in [-0.15, -0.1) is 0 Å². The standard InChI is InChI=1S/C17H27ClN2/c1-14(13-16-3-5-17(18)6-4-16)19-10-7-15-8-11-20(2)12-9-15/h3-6,14-15,19H,7-13H2,1-2H3. The lowest BCUT2D eigenvalue weighted by atomic mass is 9.94. The van der Waals surface area contributed by atoms with Gasteiger partial charge in [0, 0.05) is 11.1 Å². The van der Waals surface area contributed by atoms with E-state index >= 15 is 0 Å². The Kier molecular flexibility index (Phi) is 6.34. The molecule has 20 heavy (non-hydrogen) atoms. The normalized spacial score (nSPS) is 19.1. The number of benzene rings is 1. The summed E-state index contributed by atoms with van der Waals surface area (Å²) in [6.07, 6.45) is 5.12. The second-order valence-electron chi connectivity index (χ2n) is 6.22. The molecule has 0 amide bonds. The van der Waals surface area contributed by atoms with E-state index in [1.54, 1.807) is 0 Å². The summed E-state index contributed by atoms with van der Waals surface area (Å²) in [6, 6.07) is 8.72. The van der Waals surface area contributed by atoms with E-state index in [0.29, 0.717) is 6.04 Å². The topological polar surface area (TPSA) is 15.3 Å². The molecule has 2 rings (SSSR count). The molecule has 2 nitrogen and oxygen atoms in total. The monoisotopic (exact) mass is 294 g/mol. The van der Waals surface area contributed by atoms with Crippen LogP contribution in [0.4, 0.5) is 0 Å². The average Bonchev–Trinajstić information content (AvgIpc) is 2.44. The van der Waals surface area contributed by atoms with Gasteiger partial charge in [-0.25, -0.2) is 0 Å². The van der Waals surface area contributed by atoms with Gasteiger partial charge in [-0.3, -0.25) is 0 Å². The molecule has 0 bridgehead atoms. The van der Waals surface area contributed by atoms with Crippen LogP contribution in [0.1, 0.15) is 31.7 Å². The van der Waals surface area contributed by atoms with Crippen LogP contribution in [0.15, 0.2) is 24.3 Å². The van der Waals surface area contributed by atoms with Gasteiger partial charge in [-0.05, 0) is 82.9 Å². The minimum Gasteiger partial charge on any atom is -0.314 e. The maximum atomic E-state index is 5.91. The highest BCUT2D eigenvalue weighted by molar-refractivity contribution is 6.30. The van der Waals surface area contributed by atoms with E-state index in [0.717, 1.165) is 23.9 Å². The first-order valence-electron chi connectivity index (χ1n) is 7.80. The number of piperidine rings is 1. The third-order valence-electron chi connectivity index (χ3n) is 4.34. The molecule has 0 aromatic heterocycles. The molecule has 0 radical (unpaired) electrons. The number of hydrogen-bond acceptors (Lipinski definition) is 2. The molecule has 1 fully saturated rings. The third-order valence-corrected chi connectivity index (χ3v) is 4.59. The zero-order chi connectivity index (χ0) is 14.4. The summed E-state index contributed by atoms with van der Waals surface area (Å²) in [5, 5.41) is 4.47. The minimum atomic E-state index is 0.530. The van der Waals surface area contributed by atoms with Gasteiger partial charge in [0.1, 0.15) is 0 Å². The smallest absolute Gasteiger partial charge is 0.0406 e. The Morgan fingerprint density at radius 3 is 2.55 bits per heavy atom. The van der Waals surface area contributed by atoms with E-state index in [-0.39, 0.29) is 0 Å². The molecule has 112 valence electrons. The van der Waals surface area contributed by atoms with Crippen LogP contribution in [0.5, 0.6) is 0 Å². The summed E-state index contributed by atoms with van der Waals surface area (Å²) in [4.78, 5) is 2.44. The van der Waals surface area contributed by atoms with E-state index in [1.165, 1.54) is 37.9 Å². The second kappa shape index (κ2) is 8.02. The number of likely N-dealkylation sites (tertiary alicyclic amines) is 1. The lowest BCUT2D eigenvalue weighted by molar-refractivity contribution is 0.210. The Balaban J connectivity index is 1.62. The van der Waals surface area contributed by atoms with E-state index in [1.807, 2.05) is 12.1 Å². The summed E-state index contributed by atoms with van der Waals surface area (Å²) in [7, 11) is 2.22. The van der Waals surface area contributed by atoms with Gasteiger partial charge in [0.25, 0.3) is 0 Å². The van der Waals surface area contributed by atoms with Crippen molar-refractivity contribution in [2.24, 2.45) is 5.92 Å². The SMILES string of the molecule is CC(Cc1ccc(Cl)cc1)NCCC1CCN(C)CC1. The molecule has 1 aliphatic rings. The Hall–Kier alpha value is -0.570. The van der Waals surface area contributed by atoms with E-state index in [4.69, 9.17) is 11.6 Å². The zero-order valence-electron chi connectivity index (χ0n) is 12.7. The van der Waals surface area contributed by atoms with Gasteiger partial charge in [-0.1, -0.05) is 23.7 Å². The van der Waals surface area contributed by atoms with E-state index in [2.05, 4.69) is 36.3 Å². The molecule has 0 spiro atoms. The summed E-state index contributed by atoms with van der Waals surface area (Å²) in [6.45, 7) is 5.95. The number of hydrogen-bond donors (Lipinski definition) is 1. The predicted molar refractivity (Wildman–Crippen MR) is 87.5 cm³/mol. The van der Waals surface area contributed by atoms with Crippen LogP contribution in [-0.4, -0.2) is 37.6 Å². The lowest BCUT2D eigenvalue weighted by Gasteiger charge is -2.29. The Labute approximate surface area is 128 Å². The van der Waals surface area contributed by atoms with Crippen molar-refractivity contribution in [2.45, 2.75) is 38.6 Å². The molecule has 1 atom stereocenters. The van der Waals surface area contributed by atoms with Gasteiger partial charge in [0.15, 0.2) is 0 Å². The van der Waals surface area contributed by atoms with Crippen LogP contribution in [0.3, 0.4) is 0 Å². The Morgan fingerprint density at radius 2 is 1.90 bits per heavy atom. The van der Waals surface area contributed by atoms with Crippen molar-refractivity contribution in [1.29, 1.82) is 0 Å². The van der Waals surface area contributed by atoms with Crippen LogP contribution in [0, 0.1) is 5.92 Å². The second-order valence-corrected chi connectivity index (χ2v) is 6.66. The first-order chi connectivity index (χ1) is 9.63. The molecular weight excluding hydrogens is 268 g/mol. The van der Waals surface area contributed by atoms with Crippen LogP contribution >= 0.6 is 11.6 Å². The highest BCUT2D eigenvalue weighted by Gasteiger charge is 2.16. The van der Waals surface area contributed by atoms with Gasteiger partial charge >= 0.3 is 0 Å². The summed E-state index contributed by atoms with van der Waals surface area (Å²) < 4.78 is 0. The summed E-state index contributed by atoms with van der Waals surface area (Å²) >= 11 is 5.91. The number of nitrogens with zero attached hydrogens (tertiary/aromatic N) is 1. The fraction of sp³-hybridized carbons (Fsp3) is 0.647. The van der Waals surface area contributed by atoms with Crippen molar-refractivity contribution in [3.05, 3.63) is 34.9 Å². The molecule has 1 aliphatic heterocycles. The maximum absolute atomic E-state index is 5.91. The Bertz CT molecular complexity index is 382. The van der Waals surface area contributed by atoms with Crippen LogP contribution in [0.2, 0.25) is 5.02 Å². The average molecular weight is 295 g/mol. The van der Waals surface area contributed by atoms with E-state index in [9.17, 15) is 0 Å². The molecule has 0 aliphatic carbocycles. The molecule has 1 heterocycles. The molecule has 1 N–H and O–H groups in total. The van der Waals surface area contributed by atoms with Gasteiger partial charge in [-0.2, -0.15) is 0 Å². The van der Waals surface area contributed by atoms with E-state index < -0.39 is 0 Å². The van der Waals surface area contributed by atoms with Gasteiger partial charge < -0.3 is 10.2 Å². The van der Waals surface area contributed by atoms with Crippen LogP contribution < -0.4 is 5.32 Å². The molecule has 0 saturated carbocycles. The Morgan fingerprint density at radius 1 is 1.25 bits per heavy atom. The molecule has 1 aromatic rings. The molecule has 3 heteroatoms. The van der Waals surface area contributed by atoms with Crippen LogP contribution in [-0.2, 0) is 6.42 Å². The largest absolute Gasteiger partial charge is 0.314 e. The zero-order valence-corrected chi connectivity index (χ0v) is 13.5. The van der Waals surface area contributed by atoms with Crippen LogP contribution in [0.25, 0.3) is 0 Å².